The minimum absolute atomic E-state index is 0.242. The van der Waals surface area contributed by atoms with E-state index in [1.54, 1.807) is 38.1 Å². The second-order valence-corrected chi connectivity index (χ2v) is 10.0. The number of amides is 1. The SMILES string of the molecule is Cc1sc(NC(=O)[C@H]2[C@@H](C(=O)[O-])[C@@H]3CC[C@H]2O3)c(C(=O)OC(C)C)c1-c1ccc(Cl)cc1. The lowest BCUT2D eigenvalue weighted by Gasteiger charge is -2.27. The highest BCUT2D eigenvalue weighted by Crippen LogP contribution is 2.45. The van der Waals surface area contributed by atoms with E-state index in [0.29, 0.717) is 28.4 Å². The van der Waals surface area contributed by atoms with Crippen LogP contribution >= 0.6 is 22.9 Å². The van der Waals surface area contributed by atoms with Crippen molar-refractivity contribution in [2.75, 3.05) is 5.32 Å². The van der Waals surface area contributed by atoms with E-state index < -0.39 is 41.9 Å². The van der Waals surface area contributed by atoms with Crippen LogP contribution in [-0.4, -0.2) is 36.2 Å². The van der Waals surface area contributed by atoms with Crippen molar-refractivity contribution in [2.24, 2.45) is 11.8 Å². The zero-order valence-electron chi connectivity index (χ0n) is 17.8. The largest absolute Gasteiger partial charge is 0.550 e. The second-order valence-electron chi connectivity index (χ2n) is 8.35. The number of nitrogens with one attached hydrogen (secondary N) is 1. The number of fused-ring (bicyclic) bond motifs is 2. The van der Waals surface area contributed by atoms with Crippen LogP contribution < -0.4 is 10.4 Å². The van der Waals surface area contributed by atoms with E-state index in [0.717, 1.165) is 10.4 Å². The van der Waals surface area contributed by atoms with Crippen LogP contribution in [0, 0.1) is 18.8 Å². The van der Waals surface area contributed by atoms with Crippen molar-refractivity contribution in [3.63, 3.8) is 0 Å². The van der Waals surface area contributed by atoms with E-state index in [2.05, 4.69) is 5.32 Å². The minimum atomic E-state index is -1.29. The minimum Gasteiger partial charge on any atom is -0.550 e. The van der Waals surface area contributed by atoms with Crippen molar-refractivity contribution in [3.8, 4) is 11.1 Å². The van der Waals surface area contributed by atoms with Gasteiger partial charge in [0.15, 0.2) is 0 Å². The van der Waals surface area contributed by atoms with Crippen molar-refractivity contribution in [1.82, 2.24) is 0 Å². The summed E-state index contributed by atoms with van der Waals surface area (Å²) in [5.74, 6) is -4.22. The molecule has 2 aliphatic heterocycles. The molecule has 0 unspecified atom stereocenters. The summed E-state index contributed by atoms with van der Waals surface area (Å²) in [6.45, 7) is 5.34. The molecular weight excluding hydrogens is 454 g/mol. The monoisotopic (exact) mass is 476 g/mol. The number of aryl methyl sites for hydroxylation is 1. The van der Waals surface area contributed by atoms with E-state index in [9.17, 15) is 19.5 Å². The molecule has 7 nitrogen and oxygen atoms in total. The standard InChI is InChI=1S/C23H24ClNO6S/c1-10(2)30-23(29)19-16(12-4-6-13(24)7-5-12)11(3)32-21(19)25-20(26)17-14-8-9-15(31-14)18(17)22(27)28/h4-7,10,14-15,17-18H,8-9H2,1-3H3,(H,25,26)(H,27,28)/p-1/t14-,15+,17-,18+/m1/s1. The Bertz CT molecular complexity index is 1060. The molecular formula is C23H23ClNO6S-. The van der Waals surface area contributed by atoms with Crippen LogP contribution in [0.25, 0.3) is 11.1 Å². The number of carboxylic acids is 1. The van der Waals surface area contributed by atoms with Crippen molar-refractivity contribution < 1.29 is 29.0 Å². The average Bonchev–Trinajstić information content (AvgIpc) is 3.41. The number of carbonyl (C=O) groups is 3. The van der Waals surface area contributed by atoms with E-state index >= 15 is 0 Å². The summed E-state index contributed by atoms with van der Waals surface area (Å²) in [5.41, 5.74) is 1.65. The van der Waals surface area contributed by atoms with Gasteiger partial charge in [-0.2, -0.15) is 0 Å². The zero-order chi connectivity index (χ0) is 23.2. The van der Waals surface area contributed by atoms with Crippen LogP contribution in [0.15, 0.2) is 24.3 Å². The summed E-state index contributed by atoms with van der Waals surface area (Å²) in [6.07, 6.45) is -0.121. The fraction of sp³-hybridized carbons (Fsp3) is 0.435. The number of hydrogen-bond donors (Lipinski definition) is 1. The molecule has 2 fully saturated rings. The molecule has 0 radical (unpaired) electrons. The third-order valence-electron chi connectivity index (χ3n) is 5.85. The van der Waals surface area contributed by atoms with Gasteiger partial charge < -0.3 is 24.7 Å². The molecule has 1 aromatic carbocycles. The lowest BCUT2D eigenvalue weighted by molar-refractivity contribution is -0.313. The lowest BCUT2D eigenvalue weighted by atomic mass is 9.78. The molecule has 32 heavy (non-hydrogen) atoms. The lowest BCUT2D eigenvalue weighted by Crippen LogP contribution is -2.46. The van der Waals surface area contributed by atoms with Crippen molar-refractivity contribution >= 4 is 45.8 Å². The molecule has 0 aliphatic carbocycles. The topological polar surface area (TPSA) is 105 Å². The molecule has 1 aromatic heterocycles. The Morgan fingerprint density at radius 1 is 1.16 bits per heavy atom. The van der Waals surface area contributed by atoms with Crippen molar-refractivity contribution in [1.29, 1.82) is 0 Å². The molecule has 2 saturated heterocycles. The molecule has 170 valence electrons. The quantitative estimate of drug-likeness (QED) is 0.640. The Morgan fingerprint density at radius 2 is 1.78 bits per heavy atom. The smallest absolute Gasteiger partial charge is 0.342 e. The molecule has 1 N–H and O–H groups in total. The van der Waals surface area contributed by atoms with Gasteiger partial charge in [0.2, 0.25) is 5.91 Å². The molecule has 2 bridgehead atoms. The summed E-state index contributed by atoms with van der Waals surface area (Å²) < 4.78 is 11.1. The van der Waals surface area contributed by atoms with Crippen LogP contribution in [0.2, 0.25) is 5.02 Å². The summed E-state index contributed by atoms with van der Waals surface area (Å²) in [6, 6.07) is 7.04. The molecule has 0 saturated carbocycles. The average molecular weight is 477 g/mol. The number of anilines is 1. The molecule has 2 aliphatic rings. The zero-order valence-corrected chi connectivity index (χ0v) is 19.4. The molecule has 0 spiro atoms. The van der Waals surface area contributed by atoms with Gasteiger partial charge in [-0.3, -0.25) is 4.79 Å². The number of hydrogen-bond acceptors (Lipinski definition) is 7. The first-order chi connectivity index (χ1) is 15.2. The van der Waals surface area contributed by atoms with Gasteiger partial charge in [-0.05, 0) is 51.3 Å². The van der Waals surface area contributed by atoms with Crippen LogP contribution in [0.4, 0.5) is 5.00 Å². The predicted molar refractivity (Wildman–Crippen MR) is 119 cm³/mol. The molecule has 4 atom stereocenters. The maximum Gasteiger partial charge on any atom is 0.342 e. The molecule has 9 heteroatoms. The first-order valence-electron chi connectivity index (χ1n) is 10.4. The summed E-state index contributed by atoms with van der Waals surface area (Å²) >= 11 is 7.26. The van der Waals surface area contributed by atoms with E-state index in [1.807, 2.05) is 6.92 Å². The molecule has 2 aromatic rings. The van der Waals surface area contributed by atoms with E-state index in [1.165, 1.54) is 11.3 Å². The number of carboxylic acid groups (broad SMARTS) is 1. The highest BCUT2D eigenvalue weighted by atomic mass is 35.5. The van der Waals surface area contributed by atoms with E-state index in [-0.39, 0.29) is 11.7 Å². The van der Waals surface area contributed by atoms with Gasteiger partial charge in [0.25, 0.3) is 0 Å². The third-order valence-corrected chi connectivity index (χ3v) is 7.12. The number of thiophene rings is 1. The third kappa shape index (κ3) is 4.14. The first kappa shape index (κ1) is 22.8. The molecule has 1 amide bonds. The van der Waals surface area contributed by atoms with Gasteiger partial charge in [0, 0.05) is 27.4 Å². The van der Waals surface area contributed by atoms with Gasteiger partial charge in [-0.15, -0.1) is 11.3 Å². The normalized spacial score (nSPS) is 24.0. The Kier molecular flexibility index (Phi) is 6.29. The Hall–Kier alpha value is -2.42. The summed E-state index contributed by atoms with van der Waals surface area (Å²) in [7, 11) is 0. The van der Waals surface area contributed by atoms with Gasteiger partial charge >= 0.3 is 5.97 Å². The van der Waals surface area contributed by atoms with Crippen molar-refractivity contribution in [3.05, 3.63) is 39.7 Å². The number of ether oxygens (including phenoxy) is 2. The highest BCUT2D eigenvalue weighted by Gasteiger charge is 2.53. The first-order valence-corrected chi connectivity index (χ1v) is 11.6. The fourth-order valence-corrected chi connectivity index (χ4v) is 5.76. The number of benzene rings is 1. The van der Waals surface area contributed by atoms with Crippen LogP contribution in [0.3, 0.4) is 0 Å². The Labute approximate surface area is 194 Å². The van der Waals surface area contributed by atoms with Crippen LogP contribution in [0.5, 0.6) is 0 Å². The molecule has 4 rings (SSSR count). The fourth-order valence-electron chi connectivity index (χ4n) is 4.57. The number of halogens is 1. The Morgan fingerprint density at radius 3 is 2.38 bits per heavy atom. The van der Waals surface area contributed by atoms with Gasteiger partial charge in [0.1, 0.15) is 10.6 Å². The number of carbonyl (C=O) groups excluding carboxylic acids is 3. The second kappa shape index (κ2) is 8.84. The Balaban J connectivity index is 1.71. The summed E-state index contributed by atoms with van der Waals surface area (Å²) in [5, 5.41) is 15.4. The maximum atomic E-state index is 13.2. The highest BCUT2D eigenvalue weighted by molar-refractivity contribution is 7.17. The van der Waals surface area contributed by atoms with Crippen molar-refractivity contribution in [2.45, 2.75) is 51.9 Å². The maximum absolute atomic E-state index is 13.2. The number of aliphatic carboxylic acids is 1. The van der Waals surface area contributed by atoms with Gasteiger partial charge in [-0.1, -0.05) is 23.7 Å². The summed E-state index contributed by atoms with van der Waals surface area (Å²) in [4.78, 5) is 38.7. The predicted octanol–water partition coefficient (Wildman–Crippen LogP) is 3.42. The number of esters is 1. The van der Waals surface area contributed by atoms with E-state index in [4.69, 9.17) is 21.1 Å². The van der Waals surface area contributed by atoms with Gasteiger partial charge in [0.05, 0.1) is 24.2 Å². The van der Waals surface area contributed by atoms with Crippen LogP contribution in [-0.2, 0) is 19.1 Å². The van der Waals surface area contributed by atoms with Gasteiger partial charge in [-0.25, -0.2) is 4.79 Å². The molecule has 3 heterocycles. The van der Waals surface area contributed by atoms with Crippen LogP contribution in [0.1, 0.15) is 41.9 Å². The number of rotatable bonds is 6.